The van der Waals surface area contributed by atoms with Crippen LogP contribution >= 0.6 is 34.8 Å². The van der Waals surface area contributed by atoms with E-state index in [4.69, 9.17) is 34.8 Å². The van der Waals surface area contributed by atoms with Crippen LogP contribution in [0.15, 0.2) is 24.3 Å². The van der Waals surface area contributed by atoms with Crippen molar-refractivity contribution in [2.24, 2.45) is 7.05 Å². The summed E-state index contributed by atoms with van der Waals surface area (Å²) < 4.78 is 1.73. The lowest BCUT2D eigenvalue weighted by Gasteiger charge is -2.06. The Hall–Kier alpha value is -1.29. The number of hydrogen-bond donors (Lipinski definition) is 0. The number of rotatable bonds is 1. The molecule has 6 heteroatoms. The lowest BCUT2D eigenvalue weighted by atomic mass is 10.1. The molecule has 3 nitrogen and oxygen atoms in total. The van der Waals surface area contributed by atoms with Crippen LogP contribution in [0.5, 0.6) is 0 Å². The molecular formula is C14H10Cl3N3. The molecule has 0 unspecified atom stereocenters. The molecule has 0 atom stereocenters. The lowest BCUT2D eigenvalue weighted by molar-refractivity contribution is 0.788. The first-order valence-electron chi connectivity index (χ1n) is 5.92. The van der Waals surface area contributed by atoms with Crippen molar-refractivity contribution in [3.05, 3.63) is 45.0 Å². The zero-order chi connectivity index (χ0) is 14.4. The average molecular weight is 327 g/mol. The van der Waals surface area contributed by atoms with Gasteiger partial charge in [0, 0.05) is 23.3 Å². The minimum atomic E-state index is 0.557. The average Bonchev–Trinajstić information content (AvgIpc) is 2.67. The summed E-state index contributed by atoms with van der Waals surface area (Å²) in [7, 11) is 1.84. The van der Waals surface area contributed by atoms with E-state index in [-0.39, 0.29) is 0 Å². The van der Waals surface area contributed by atoms with Crippen LogP contribution in [0.1, 0.15) is 5.69 Å². The third kappa shape index (κ3) is 2.16. The zero-order valence-corrected chi connectivity index (χ0v) is 13.1. The van der Waals surface area contributed by atoms with Crippen molar-refractivity contribution in [3.8, 4) is 11.3 Å². The zero-order valence-electron chi connectivity index (χ0n) is 10.8. The highest BCUT2D eigenvalue weighted by Gasteiger charge is 2.17. The number of pyridine rings is 1. The van der Waals surface area contributed by atoms with Crippen LogP contribution in [0.3, 0.4) is 0 Å². The Morgan fingerprint density at radius 1 is 1.00 bits per heavy atom. The Bertz CT molecular complexity index is 824. The third-order valence-corrected chi connectivity index (χ3v) is 3.89. The Morgan fingerprint density at radius 2 is 1.75 bits per heavy atom. The molecule has 0 fully saturated rings. The number of aryl methyl sites for hydroxylation is 2. The molecule has 0 bridgehead atoms. The summed E-state index contributed by atoms with van der Waals surface area (Å²) in [6.45, 7) is 1.89. The normalized spacial score (nSPS) is 11.2. The summed E-state index contributed by atoms with van der Waals surface area (Å²) in [6, 6.07) is 7.15. The molecule has 0 saturated carbocycles. The monoisotopic (exact) mass is 325 g/mol. The van der Waals surface area contributed by atoms with Gasteiger partial charge in [0.25, 0.3) is 0 Å². The van der Waals surface area contributed by atoms with Crippen molar-refractivity contribution in [3.63, 3.8) is 0 Å². The third-order valence-electron chi connectivity index (χ3n) is 3.06. The minimum Gasteiger partial charge on any atom is -0.265 e. The van der Waals surface area contributed by atoms with Gasteiger partial charge in [0.05, 0.1) is 15.7 Å². The number of halogens is 3. The first-order valence-corrected chi connectivity index (χ1v) is 7.06. The molecule has 102 valence electrons. The van der Waals surface area contributed by atoms with E-state index in [2.05, 4.69) is 10.1 Å². The highest BCUT2D eigenvalue weighted by atomic mass is 35.5. The molecule has 0 spiro atoms. The van der Waals surface area contributed by atoms with Crippen molar-refractivity contribution >= 4 is 45.8 Å². The fourth-order valence-corrected chi connectivity index (χ4v) is 3.01. The van der Waals surface area contributed by atoms with Crippen molar-refractivity contribution in [2.75, 3.05) is 0 Å². The van der Waals surface area contributed by atoms with Crippen molar-refractivity contribution < 1.29 is 0 Å². The second-order valence-corrected chi connectivity index (χ2v) is 5.79. The fourth-order valence-electron chi connectivity index (χ4n) is 2.22. The van der Waals surface area contributed by atoms with Gasteiger partial charge in [-0.1, -0.05) is 34.8 Å². The van der Waals surface area contributed by atoms with Gasteiger partial charge in [0.15, 0.2) is 0 Å². The van der Waals surface area contributed by atoms with Crippen molar-refractivity contribution in [1.29, 1.82) is 0 Å². The standard InChI is InChI=1S/C14H10Cl3N3/c1-7-5-11(17)12-13(18-7)14(20(2)19-12)9-4-3-8(15)6-10(9)16/h3-6H,1-2H3. The number of aromatic nitrogens is 3. The molecule has 0 aliphatic rings. The fraction of sp³-hybridized carbons (Fsp3) is 0.143. The molecule has 0 saturated heterocycles. The summed E-state index contributed by atoms with van der Waals surface area (Å²) >= 11 is 18.5. The molecule has 0 aliphatic carbocycles. The maximum absolute atomic E-state index is 6.29. The highest BCUT2D eigenvalue weighted by molar-refractivity contribution is 6.37. The van der Waals surface area contributed by atoms with Gasteiger partial charge < -0.3 is 0 Å². The number of hydrogen-bond acceptors (Lipinski definition) is 2. The van der Waals surface area contributed by atoms with E-state index >= 15 is 0 Å². The van der Waals surface area contributed by atoms with E-state index in [1.54, 1.807) is 22.9 Å². The van der Waals surface area contributed by atoms with Gasteiger partial charge in [-0.3, -0.25) is 4.68 Å². The molecular weight excluding hydrogens is 317 g/mol. The van der Waals surface area contributed by atoms with Crippen LogP contribution in [0.2, 0.25) is 15.1 Å². The summed E-state index contributed by atoms with van der Waals surface area (Å²) in [4.78, 5) is 4.54. The van der Waals surface area contributed by atoms with Crippen molar-refractivity contribution in [2.45, 2.75) is 6.92 Å². The van der Waals surface area contributed by atoms with Crippen LogP contribution in [0.25, 0.3) is 22.3 Å². The predicted octanol–water partition coefficient (Wildman–Crippen LogP) is 4.90. The van der Waals surface area contributed by atoms with E-state index < -0.39 is 0 Å². The number of fused-ring (bicyclic) bond motifs is 1. The van der Waals surface area contributed by atoms with Gasteiger partial charge in [-0.15, -0.1) is 0 Å². The molecule has 2 heterocycles. The quantitative estimate of drug-likeness (QED) is 0.636. The number of benzene rings is 1. The molecule has 1 aromatic carbocycles. The van der Waals surface area contributed by atoms with E-state index in [0.29, 0.717) is 20.6 Å². The van der Waals surface area contributed by atoms with Crippen LogP contribution in [-0.4, -0.2) is 14.8 Å². The Labute approximate surface area is 131 Å². The maximum atomic E-state index is 6.29. The topological polar surface area (TPSA) is 30.7 Å². The van der Waals surface area contributed by atoms with E-state index in [1.807, 2.05) is 20.0 Å². The second-order valence-electron chi connectivity index (χ2n) is 4.54. The first-order chi connectivity index (χ1) is 9.47. The van der Waals surface area contributed by atoms with Crippen LogP contribution in [0, 0.1) is 6.92 Å². The maximum Gasteiger partial charge on any atom is 0.130 e. The van der Waals surface area contributed by atoms with E-state index in [9.17, 15) is 0 Å². The lowest BCUT2D eigenvalue weighted by Crippen LogP contribution is -1.94. The molecule has 3 rings (SSSR count). The molecule has 0 radical (unpaired) electrons. The van der Waals surface area contributed by atoms with E-state index in [0.717, 1.165) is 22.5 Å². The largest absolute Gasteiger partial charge is 0.265 e. The van der Waals surface area contributed by atoms with Gasteiger partial charge in [-0.05, 0) is 31.2 Å². The predicted molar refractivity (Wildman–Crippen MR) is 83.7 cm³/mol. The van der Waals surface area contributed by atoms with Crippen LogP contribution in [0.4, 0.5) is 0 Å². The van der Waals surface area contributed by atoms with Crippen molar-refractivity contribution in [1.82, 2.24) is 14.8 Å². The Balaban J connectivity index is 2.38. The van der Waals surface area contributed by atoms with Crippen LogP contribution < -0.4 is 0 Å². The smallest absolute Gasteiger partial charge is 0.130 e. The van der Waals surface area contributed by atoms with Gasteiger partial charge in [-0.25, -0.2) is 4.98 Å². The summed E-state index contributed by atoms with van der Waals surface area (Å²) in [6.07, 6.45) is 0. The summed E-state index contributed by atoms with van der Waals surface area (Å²) in [5.74, 6) is 0. The molecule has 20 heavy (non-hydrogen) atoms. The SMILES string of the molecule is Cc1cc(Cl)c2nn(C)c(-c3ccc(Cl)cc3Cl)c2n1. The second kappa shape index (κ2) is 4.92. The van der Waals surface area contributed by atoms with Gasteiger partial charge >= 0.3 is 0 Å². The van der Waals surface area contributed by atoms with E-state index in [1.165, 1.54) is 0 Å². The van der Waals surface area contributed by atoms with Gasteiger partial charge in [0.2, 0.25) is 0 Å². The molecule has 2 aromatic heterocycles. The first kappa shape index (κ1) is 13.7. The number of nitrogens with zero attached hydrogens (tertiary/aromatic N) is 3. The Morgan fingerprint density at radius 3 is 2.45 bits per heavy atom. The molecule has 0 N–H and O–H groups in total. The van der Waals surface area contributed by atoms with Gasteiger partial charge in [0.1, 0.15) is 11.0 Å². The Kier molecular flexibility index (Phi) is 3.36. The summed E-state index contributed by atoms with van der Waals surface area (Å²) in [5.41, 5.74) is 3.90. The minimum absolute atomic E-state index is 0.557. The summed E-state index contributed by atoms with van der Waals surface area (Å²) in [5, 5.41) is 6.15. The molecule has 3 aromatic rings. The molecule has 0 amide bonds. The van der Waals surface area contributed by atoms with Gasteiger partial charge in [-0.2, -0.15) is 5.10 Å². The molecule has 0 aliphatic heterocycles. The highest BCUT2D eigenvalue weighted by Crippen LogP contribution is 2.35. The van der Waals surface area contributed by atoms with Crippen LogP contribution in [-0.2, 0) is 7.05 Å².